The van der Waals surface area contributed by atoms with Gasteiger partial charge in [-0.25, -0.2) is 0 Å². The van der Waals surface area contributed by atoms with Crippen molar-refractivity contribution < 1.29 is 67.1 Å². The molecule has 10 aliphatic carbocycles. The third-order valence-corrected chi connectivity index (χ3v) is 18.4. The van der Waals surface area contributed by atoms with Crippen LogP contribution in [0.4, 0.5) is 0 Å². The second-order valence-corrected chi connectivity index (χ2v) is 25.7. The fourth-order valence-corrected chi connectivity index (χ4v) is 17.2. The van der Waals surface area contributed by atoms with Crippen LogP contribution in [0.15, 0.2) is 0 Å². The zero-order valence-corrected chi connectivity index (χ0v) is 39.6. The molecule has 0 aromatic carbocycles. The van der Waals surface area contributed by atoms with Gasteiger partial charge in [-0.15, -0.1) is 0 Å². The summed E-state index contributed by atoms with van der Waals surface area (Å²) in [6.45, 7) is 14.8. The molecule has 0 aromatic heterocycles. The molecule has 10 bridgehead atoms. The molecule has 12 rings (SSSR count). The van der Waals surface area contributed by atoms with Crippen molar-refractivity contribution in [3.63, 3.8) is 0 Å². The van der Waals surface area contributed by atoms with E-state index in [1.54, 1.807) is 48.5 Å². The Morgan fingerprint density at radius 3 is 1.82 bits per heavy atom. The molecule has 12 aliphatic rings. The largest absolute Gasteiger partial charge is 0.465 e. The Balaban J connectivity index is 0.996. The molecule has 2 heterocycles. The van der Waals surface area contributed by atoms with Crippen LogP contribution in [0.2, 0.25) is 0 Å². The Hall–Kier alpha value is -3.55. The van der Waals surface area contributed by atoms with E-state index < -0.39 is 98.3 Å². The van der Waals surface area contributed by atoms with Crippen molar-refractivity contribution in [2.75, 3.05) is 6.61 Å². The highest BCUT2D eigenvalue weighted by Gasteiger charge is 2.72. The monoisotopic (exact) mass is 906 g/mol. The Bertz CT molecular complexity index is 2020. The molecule has 358 valence electrons. The fourth-order valence-electron chi connectivity index (χ4n) is 17.2. The molecule has 0 amide bonds. The molecule has 1 N–H and O–H groups in total. The highest BCUT2D eigenvalue weighted by Crippen LogP contribution is 2.69. The molecule has 10 saturated carbocycles. The Labute approximate surface area is 382 Å². The lowest BCUT2D eigenvalue weighted by Crippen LogP contribution is -2.66. The molecule has 0 aromatic rings. The van der Waals surface area contributed by atoms with E-state index in [0.717, 1.165) is 12.8 Å². The van der Waals surface area contributed by atoms with Crippen LogP contribution >= 0.6 is 0 Å². The van der Waals surface area contributed by atoms with Gasteiger partial charge in [0, 0.05) is 25.2 Å². The SMILES string of the molecule is CC1C(=O)OC(=O)C1C(CC(CC1C(C)C2CC1C1COC(=O)C21)C(=O)OC12CC3CC(CC(O)(C3)C1)C2)C(=O)OC12CC3CC(C(=O)OC(C)(C)C)(C1)CC(C(=O)OC(C)(C)C)(C3)C2. The summed E-state index contributed by atoms with van der Waals surface area (Å²) in [5, 5.41) is 11.6. The van der Waals surface area contributed by atoms with E-state index in [9.17, 15) is 29.1 Å². The standard InChI is InChI=1S/C51H70O14/c1-25-31(33-12-32(25)37-35(33)20-60-41(37)55)10-30(39(53)62-50-17-27-9-28(18-50)16-49(59,15-27)24-50)11-34(36-26(2)38(52)61-42(36)56)40(54)63-51-19-29-13-47(22-51,43(57)64-45(3,4)5)21-48(14-29,23-51)44(58)65-46(6,7)8/h25-37,59H,9-24H2,1-8H3. The van der Waals surface area contributed by atoms with Gasteiger partial charge in [-0.2, -0.15) is 0 Å². The number of carbonyl (C=O) groups is 7. The molecule has 14 nitrogen and oxygen atoms in total. The number of fused-ring (bicyclic) bond motifs is 5. The van der Waals surface area contributed by atoms with Gasteiger partial charge in [-0.3, -0.25) is 33.6 Å². The molecule has 14 heteroatoms. The molecule has 12 fully saturated rings. The summed E-state index contributed by atoms with van der Waals surface area (Å²) < 4.78 is 36.4. The van der Waals surface area contributed by atoms with Crippen molar-refractivity contribution in [3.05, 3.63) is 0 Å². The normalized spacial score (nSPS) is 46.1. The lowest BCUT2D eigenvalue weighted by atomic mass is 9.42. The topological polar surface area (TPSA) is 195 Å². The molecule has 65 heavy (non-hydrogen) atoms. The maximum Gasteiger partial charge on any atom is 0.318 e. The van der Waals surface area contributed by atoms with Gasteiger partial charge in [-0.05, 0) is 160 Å². The average Bonchev–Trinajstić information content (AvgIpc) is 3.87. The third-order valence-electron chi connectivity index (χ3n) is 18.4. The minimum absolute atomic E-state index is 0.00868. The van der Waals surface area contributed by atoms with Crippen molar-refractivity contribution in [2.45, 2.75) is 180 Å². The highest BCUT2D eigenvalue weighted by atomic mass is 16.6. The summed E-state index contributed by atoms with van der Waals surface area (Å²) >= 11 is 0. The second-order valence-electron chi connectivity index (χ2n) is 25.7. The first-order valence-corrected chi connectivity index (χ1v) is 24.8. The zero-order valence-electron chi connectivity index (χ0n) is 39.6. The van der Waals surface area contributed by atoms with E-state index in [1.165, 1.54) is 0 Å². The molecular weight excluding hydrogens is 837 g/mol. The quantitative estimate of drug-likeness (QED) is 0.133. The molecule has 0 spiro atoms. The van der Waals surface area contributed by atoms with Gasteiger partial charge in [0.15, 0.2) is 0 Å². The maximum absolute atomic E-state index is 15.4. The molecule has 14 unspecified atom stereocenters. The minimum atomic E-state index is -1.32. The highest BCUT2D eigenvalue weighted by molar-refractivity contribution is 5.98. The molecule has 2 saturated heterocycles. The van der Waals surface area contributed by atoms with Gasteiger partial charge in [-0.1, -0.05) is 13.8 Å². The van der Waals surface area contributed by atoms with Crippen LogP contribution in [0, 0.1) is 87.8 Å². The van der Waals surface area contributed by atoms with Crippen LogP contribution in [0.5, 0.6) is 0 Å². The van der Waals surface area contributed by atoms with E-state index in [-0.39, 0.29) is 84.9 Å². The molecule has 0 radical (unpaired) electrons. The van der Waals surface area contributed by atoms with Crippen LogP contribution in [0.3, 0.4) is 0 Å². The van der Waals surface area contributed by atoms with E-state index in [4.69, 9.17) is 28.4 Å². The van der Waals surface area contributed by atoms with Crippen molar-refractivity contribution in [2.24, 2.45) is 87.8 Å². The summed E-state index contributed by atoms with van der Waals surface area (Å²) in [5.41, 5.74) is -7.00. The molecule has 14 atom stereocenters. The Morgan fingerprint density at radius 1 is 0.677 bits per heavy atom. The van der Waals surface area contributed by atoms with Crippen LogP contribution in [-0.4, -0.2) is 81.5 Å². The lowest BCUT2D eigenvalue weighted by Gasteiger charge is -2.63. The lowest BCUT2D eigenvalue weighted by molar-refractivity contribution is -0.243. The second kappa shape index (κ2) is 14.7. The number of ether oxygens (including phenoxy) is 6. The van der Waals surface area contributed by atoms with Crippen molar-refractivity contribution in [1.82, 2.24) is 0 Å². The molecular formula is C51H70O14. The Kier molecular flexibility index (Phi) is 10.3. The van der Waals surface area contributed by atoms with Gasteiger partial charge in [0.2, 0.25) is 0 Å². The first-order valence-electron chi connectivity index (χ1n) is 24.8. The van der Waals surface area contributed by atoms with E-state index in [1.807, 2.05) is 0 Å². The number of rotatable bonds is 11. The van der Waals surface area contributed by atoms with Gasteiger partial charge in [0.1, 0.15) is 22.4 Å². The van der Waals surface area contributed by atoms with E-state index >= 15 is 9.59 Å². The van der Waals surface area contributed by atoms with Gasteiger partial charge < -0.3 is 33.5 Å². The smallest absolute Gasteiger partial charge is 0.318 e. The maximum atomic E-state index is 15.4. The summed E-state index contributed by atoms with van der Waals surface area (Å²) in [7, 11) is 0. The third kappa shape index (κ3) is 7.64. The first-order chi connectivity index (χ1) is 30.2. The number of carbonyl (C=O) groups excluding carboxylic acids is 7. The summed E-state index contributed by atoms with van der Waals surface area (Å²) in [6, 6.07) is 0. The van der Waals surface area contributed by atoms with Crippen LogP contribution in [-0.2, 0) is 62.0 Å². The zero-order chi connectivity index (χ0) is 46.6. The molecule has 2 aliphatic heterocycles. The van der Waals surface area contributed by atoms with Crippen molar-refractivity contribution in [1.29, 1.82) is 0 Å². The number of esters is 7. The number of hydrogen-bond donors (Lipinski definition) is 1. The summed E-state index contributed by atoms with van der Waals surface area (Å²) in [4.78, 5) is 99.2. The Morgan fingerprint density at radius 2 is 1.26 bits per heavy atom. The summed E-state index contributed by atoms with van der Waals surface area (Å²) in [6.07, 6.45) is 6.77. The fraction of sp³-hybridized carbons (Fsp3) is 0.863. The van der Waals surface area contributed by atoms with Gasteiger partial charge in [0.05, 0.1) is 52.6 Å². The average molecular weight is 907 g/mol. The van der Waals surface area contributed by atoms with Crippen molar-refractivity contribution in [3.8, 4) is 0 Å². The van der Waals surface area contributed by atoms with Crippen LogP contribution in [0.1, 0.15) is 152 Å². The summed E-state index contributed by atoms with van der Waals surface area (Å²) in [5.74, 6) is -8.01. The van der Waals surface area contributed by atoms with E-state index in [2.05, 4.69) is 6.92 Å². The predicted octanol–water partition coefficient (Wildman–Crippen LogP) is 6.59. The van der Waals surface area contributed by atoms with Crippen LogP contribution in [0.25, 0.3) is 0 Å². The number of cyclic esters (lactones) is 3. The van der Waals surface area contributed by atoms with Crippen molar-refractivity contribution >= 4 is 41.8 Å². The van der Waals surface area contributed by atoms with E-state index in [0.29, 0.717) is 64.4 Å². The van der Waals surface area contributed by atoms with Gasteiger partial charge >= 0.3 is 41.8 Å². The number of aliphatic hydroxyl groups is 1. The first kappa shape index (κ1) is 45.2. The predicted molar refractivity (Wildman–Crippen MR) is 227 cm³/mol. The minimum Gasteiger partial charge on any atom is -0.465 e. The number of hydrogen-bond acceptors (Lipinski definition) is 14. The van der Waals surface area contributed by atoms with Crippen LogP contribution < -0.4 is 0 Å². The van der Waals surface area contributed by atoms with Gasteiger partial charge in [0.25, 0.3) is 0 Å².